The summed E-state index contributed by atoms with van der Waals surface area (Å²) in [5.74, 6) is -2.06. The van der Waals surface area contributed by atoms with Gasteiger partial charge in [-0.3, -0.25) is 0 Å². The predicted octanol–water partition coefficient (Wildman–Crippen LogP) is 3.26. The van der Waals surface area contributed by atoms with Crippen LogP contribution in [0.1, 0.15) is 15.9 Å². The second-order valence-electron chi connectivity index (χ2n) is 3.70. The Bertz CT molecular complexity index is 632. The smallest absolute Gasteiger partial charge is 0.416 e. The van der Waals surface area contributed by atoms with Gasteiger partial charge >= 0.3 is 12.1 Å². The van der Waals surface area contributed by atoms with Crippen LogP contribution in [0.15, 0.2) is 30.3 Å². The molecule has 6 heteroatoms. The van der Waals surface area contributed by atoms with Crippen LogP contribution in [0.2, 0.25) is 0 Å². The molecular formula is C12H7F3O3. The highest BCUT2D eigenvalue weighted by Crippen LogP contribution is 2.35. The number of aromatic carboxylic acids is 1. The van der Waals surface area contributed by atoms with Crippen molar-refractivity contribution in [2.75, 3.05) is 0 Å². The van der Waals surface area contributed by atoms with Crippen LogP contribution in [0, 0.1) is 0 Å². The molecule has 2 aromatic carbocycles. The fourth-order valence-electron chi connectivity index (χ4n) is 1.65. The van der Waals surface area contributed by atoms with Crippen LogP contribution in [0.4, 0.5) is 13.2 Å². The van der Waals surface area contributed by atoms with E-state index >= 15 is 0 Å². The number of carboxylic acid groups (broad SMARTS) is 1. The van der Waals surface area contributed by atoms with Gasteiger partial charge in [-0.1, -0.05) is 12.1 Å². The molecular weight excluding hydrogens is 249 g/mol. The van der Waals surface area contributed by atoms with Crippen molar-refractivity contribution in [3.05, 3.63) is 41.5 Å². The lowest BCUT2D eigenvalue weighted by atomic mass is 10.0. The second kappa shape index (κ2) is 3.90. The van der Waals surface area contributed by atoms with Crippen LogP contribution >= 0.6 is 0 Å². The minimum Gasteiger partial charge on any atom is -0.506 e. The highest BCUT2D eigenvalue weighted by atomic mass is 19.4. The van der Waals surface area contributed by atoms with Crippen LogP contribution in [-0.2, 0) is 6.18 Å². The van der Waals surface area contributed by atoms with E-state index in [9.17, 15) is 23.1 Å². The van der Waals surface area contributed by atoms with Crippen LogP contribution in [0.3, 0.4) is 0 Å². The molecule has 0 bridgehead atoms. The second-order valence-corrected chi connectivity index (χ2v) is 3.70. The third-order valence-corrected chi connectivity index (χ3v) is 2.55. The molecule has 2 rings (SSSR count). The van der Waals surface area contributed by atoms with E-state index in [0.29, 0.717) is 5.39 Å². The van der Waals surface area contributed by atoms with Crippen LogP contribution in [0.25, 0.3) is 10.8 Å². The van der Waals surface area contributed by atoms with E-state index in [4.69, 9.17) is 5.11 Å². The molecule has 0 unspecified atom stereocenters. The molecule has 0 aromatic heterocycles. The summed E-state index contributed by atoms with van der Waals surface area (Å²) in [6.07, 6.45) is -4.54. The van der Waals surface area contributed by atoms with E-state index in [1.54, 1.807) is 0 Å². The molecule has 0 aliphatic heterocycles. The maximum absolute atomic E-state index is 12.5. The standard InChI is InChI=1S/C12H7F3O3/c13-12(14,15)7-3-1-6-2-4-8(11(17)18)10(16)9(6)5-7/h1-5,16H,(H,17,18). The van der Waals surface area contributed by atoms with E-state index in [-0.39, 0.29) is 5.39 Å². The van der Waals surface area contributed by atoms with Gasteiger partial charge in [-0.2, -0.15) is 13.2 Å². The molecule has 2 N–H and O–H groups in total. The van der Waals surface area contributed by atoms with Crippen LogP contribution in [0.5, 0.6) is 5.75 Å². The summed E-state index contributed by atoms with van der Waals surface area (Å²) in [4.78, 5) is 10.8. The molecule has 0 heterocycles. The first-order chi connectivity index (χ1) is 8.30. The number of halogens is 3. The Morgan fingerprint density at radius 3 is 2.28 bits per heavy atom. The number of benzene rings is 2. The Morgan fingerprint density at radius 1 is 1.11 bits per heavy atom. The third kappa shape index (κ3) is 1.97. The van der Waals surface area contributed by atoms with Crippen LogP contribution in [-0.4, -0.2) is 16.2 Å². The maximum Gasteiger partial charge on any atom is 0.416 e. The molecule has 0 atom stereocenters. The Kier molecular flexibility index (Phi) is 2.65. The fourth-order valence-corrected chi connectivity index (χ4v) is 1.65. The molecule has 94 valence electrons. The highest BCUT2D eigenvalue weighted by molar-refractivity contribution is 6.00. The van der Waals surface area contributed by atoms with Gasteiger partial charge in [0.25, 0.3) is 0 Å². The normalized spacial score (nSPS) is 11.7. The van der Waals surface area contributed by atoms with Crippen molar-refractivity contribution in [2.45, 2.75) is 6.18 Å². The van der Waals surface area contributed by atoms with E-state index < -0.39 is 29.0 Å². The Labute approximate surface area is 99.1 Å². The average molecular weight is 256 g/mol. The van der Waals surface area contributed by atoms with Gasteiger partial charge in [-0.05, 0) is 23.6 Å². The average Bonchev–Trinajstić information content (AvgIpc) is 2.27. The number of carboxylic acids is 1. The van der Waals surface area contributed by atoms with Crippen molar-refractivity contribution >= 4 is 16.7 Å². The van der Waals surface area contributed by atoms with E-state index in [0.717, 1.165) is 18.2 Å². The molecule has 0 amide bonds. The number of alkyl halides is 3. The highest BCUT2D eigenvalue weighted by Gasteiger charge is 2.30. The molecule has 2 aromatic rings. The fraction of sp³-hybridized carbons (Fsp3) is 0.0833. The summed E-state index contributed by atoms with van der Waals surface area (Å²) >= 11 is 0. The van der Waals surface area contributed by atoms with E-state index in [1.165, 1.54) is 12.1 Å². The first-order valence-corrected chi connectivity index (χ1v) is 4.87. The Balaban J connectivity index is 2.75. The van der Waals surface area contributed by atoms with Gasteiger partial charge in [0.2, 0.25) is 0 Å². The maximum atomic E-state index is 12.5. The number of fused-ring (bicyclic) bond motifs is 1. The first-order valence-electron chi connectivity index (χ1n) is 4.87. The van der Waals surface area contributed by atoms with Crippen molar-refractivity contribution in [3.8, 4) is 5.75 Å². The molecule has 0 radical (unpaired) electrons. The van der Waals surface area contributed by atoms with Gasteiger partial charge in [0.1, 0.15) is 11.3 Å². The lowest BCUT2D eigenvalue weighted by Crippen LogP contribution is -2.04. The van der Waals surface area contributed by atoms with Gasteiger partial charge in [0.15, 0.2) is 0 Å². The summed E-state index contributed by atoms with van der Waals surface area (Å²) in [6, 6.07) is 5.29. The molecule has 3 nitrogen and oxygen atoms in total. The lowest BCUT2D eigenvalue weighted by Gasteiger charge is -2.09. The summed E-state index contributed by atoms with van der Waals surface area (Å²) in [5.41, 5.74) is -1.37. The Morgan fingerprint density at radius 2 is 1.72 bits per heavy atom. The monoisotopic (exact) mass is 256 g/mol. The number of hydrogen-bond donors (Lipinski definition) is 2. The molecule has 0 aliphatic carbocycles. The zero-order valence-electron chi connectivity index (χ0n) is 8.82. The number of carbonyl (C=O) groups is 1. The van der Waals surface area contributed by atoms with Gasteiger partial charge in [0.05, 0.1) is 5.56 Å². The molecule has 0 saturated carbocycles. The molecule has 0 spiro atoms. The third-order valence-electron chi connectivity index (χ3n) is 2.55. The van der Waals surface area contributed by atoms with E-state index in [2.05, 4.69) is 0 Å². The molecule has 0 saturated heterocycles. The topological polar surface area (TPSA) is 57.5 Å². The van der Waals surface area contributed by atoms with Gasteiger partial charge in [-0.15, -0.1) is 0 Å². The minimum atomic E-state index is -4.54. The summed E-state index contributed by atoms with van der Waals surface area (Å²) in [5, 5.41) is 18.6. The lowest BCUT2D eigenvalue weighted by molar-refractivity contribution is -0.137. The summed E-state index contributed by atoms with van der Waals surface area (Å²) < 4.78 is 37.5. The van der Waals surface area contributed by atoms with Crippen molar-refractivity contribution < 1.29 is 28.2 Å². The Hall–Kier alpha value is -2.24. The predicted molar refractivity (Wildman–Crippen MR) is 57.6 cm³/mol. The largest absolute Gasteiger partial charge is 0.506 e. The molecule has 18 heavy (non-hydrogen) atoms. The van der Waals surface area contributed by atoms with Crippen molar-refractivity contribution in [1.82, 2.24) is 0 Å². The first kappa shape index (κ1) is 12.2. The zero-order chi connectivity index (χ0) is 13.5. The number of hydrogen-bond acceptors (Lipinski definition) is 2. The number of phenols is 1. The van der Waals surface area contributed by atoms with Gasteiger partial charge < -0.3 is 10.2 Å². The SMILES string of the molecule is O=C(O)c1ccc2ccc(C(F)(F)F)cc2c1O. The number of aromatic hydroxyl groups is 1. The quantitative estimate of drug-likeness (QED) is 0.823. The summed E-state index contributed by atoms with van der Waals surface area (Å²) in [6.45, 7) is 0. The molecule has 0 aliphatic rings. The van der Waals surface area contributed by atoms with Gasteiger partial charge in [-0.25, -0.2) is 4.79 Å². The van der Waals surface area contributed by atoms with Crippen molar-refractivity contribution in [2.24, 2.45) is 0 Å². The van der Waals surface area contributed by atoms with Crippen molar-refractivity contribution in [1.29, 1.82) is 0 Å². The van der Waals surface area contributed by atoms with Crippen LogP contribution < -0.4 is 0 Å². The zero-order valence-corrected chi connectivity index (χ0v) is 8.82. The van der Waals surface area contributed by atoms with Gasteiger partial charge in [0, 0.05) is 5.39 Å². The molecule has 0 fully saturated rings. The minimum absolute atomic E-state index is 0.135. The number of rotatable bonds is 1. The van der Waals surface area contributed by atoms with Crippen molar-refractivity contribution in [3.63, 3.8) is 0 Å². The van der Waals surface area contributed by atoms with E-state index in [1.807, 2.05) is 0 Å². The summed E-state index contributed by atoms with van der Waals surface area (Å²) in [7, 11) is 0.